The molecule has 0 bridgehead atoms. The van der Waals surface area contributed by atoms with Gasteiger partial charge in [0.2, 0.25) is 0 Å². The maximum absolute atomic E-state index is 12.0. The van der Waals surface area contributed by atoms with E-state index in [1.54, 1.807) is 6.92 Å². The molecule has 0 N–H and O–H groups in total. The van der Waals surface area contributed by atoms with Crippen LogP contribution in [-0.2, 0) is 4.74 Å². The van der Waals surface area contributed by atoms with Gasteiger partial charge in [-0.15, -0.1) is 0 Å². The average molecular weight is 173 g/mol. The summed E-state index contributed by atoms with van der Waals surface area (Å²) in [4.78, 5) is 0. The topological polar surface area (TPSA) is 9.23 Å². The summed E-state index contributed by atoms with van der Waals surface area (Å²) in [5, 5.41) is 0. The molecule has 0 aliphatic carbocycles. The second-order valence-corrected chi connectivity index (χ2v) is 1.95. The minimum absolute atomic E-state index is 0.416. The quantitative estimate of drug-likeness (QED) is 0.458. The fourth-order valence-electron chi connectivity index (χ4n) is 0.351. The number of alkyl halides is 4. The summed E-state index contributed by atoms with van der Waals surface area (Å²) in [6, 6.07) is 0. The molecule has 0 unspecified atom stereocenters. The molecule has 0 atom stereocenters. The van der Waals surface area contributed by atoms with Crippen LogP contribution in [0.25, 0.3) is 0 Å². The minimum Gasteiger partial charge on any atom is -0.369 e. The zero-order chi connectivity index (χ0) is 8.91. The normalized spacial score (nSPS) is 12.5. The Labute approximate surface area is 62.3 Å². The van der Waals surface area contributed by atoms with Crippen LogP contribution in [0.15, 0.2) is 0 Å². The van der Waals surface area contributed by atoms with E-state index >= 15 is 0 Å². The standard InChI is InChI=1S/C6H9F4O/c1-2-3-11-4-6(9,10)5(7)8/h3,5H,2,4H2,1H3. The highest BCUT2D eigenvalue weighted by atomic mass is 19.3. The van der Waals surface area contributed by atoms with Crippen molar-refractivity contribution >= 4 is 0 Å². The molecule has 0 spiro atoms. The van der Waals surface area contributed by atoms with E-state index in [0.717, 1.165) is 6.61 Å². The first-order chi connectivity index (χ1) is 5.00. The summed E-state index contributed by atoms with van der Waals surface area (Å²) in [6.45, 7) is 1.47. The lowest BCUT2D eigenvalue weighted by Crippen LogP contribution is -2.31. The first-order valence-corrected chi connectivity index (χ1v) is 3.10. The van der Waals surface area contributed by atoms with Crippen LogP contribution < -0.4 is 0 Å². The predicted octanol–water partition coefficient (Wildman–Crippen LogP) is 2.48. The van der Waals surface area contributed by atoms with E-state index in [1.165, 1.54) is 0 Å². The van der Waals surface area contributed by atoms with Crippen LogP contribution in [0.4, 0.5) is 17.6 Å². The van der Waals surface area contributed by atoms with Crippen molar-refractivity contribution in [1.82, 2.24) is 0 Å². The highest BCUT2D eigenvalue weighted by Crippen LogP contribution is 2.23. The Balaban J connectivity index is 3.55. The van der Waals surface area contributed by atoms with Crippen LogP contribution in [-0.4, -0.2) is 19.0 Å². The molecule has 0 rings (SSSR count). The molecule has 0 aromatic rings. The molecule has 0 aromatic carbocycles. The Morgan fingerprint density at radius 3 is 2.36 bits per heavy atom. The summed E-state index contributed by atoms with van der Waals surface area (Å²) in [5.74, 6) is -4.04. The summed E-state index contributed by atoms with van der Waals surface area (Å²) in [5.41, 5.74) is 0. The maximum atomic E-state index is 12.0. The number of halogens is 4. The first kappa shape index (κ1) is 10.7. The van der Waals surface area contributed by atoms with Crippen LogP contribution in [0.3, 0.4) is 0 Å². The third-order valence-corrected chi connectivity index (χ3v) is 0.880. The molecule has 1 radical (unpaired) electrons. The van der Waals surface area contributed by atoms with Crippen molar-refractivity contribution in [3.63, 3.8) is 0 Å². The molecule has 5 heteroatoms. The van der Waals surface area contributed by atoms with Gasteiger partial charge in [0.05, 0.1) is 6.61 Å². The molecular weight excluding hydrogens is 164 g/mol. The van der Waals surface area contributed by atoms with Crippen molar-refractivity contribution < 1.29 is 22.3 Å². The van der Waals surface area contributed by atoms with Crippen LogP contribution in [0, 0.1) is 6.61 Å². The number of ether oxygens (including phenoxy) is 1. The van der Waals surface area contributed by atoms with E-state index in [2.05, 4.69) is 4.74 Å². The molecule has 0 amide bonds. The van der Waals surface area contributed by atoms with Gasteiger partial charge in [0, 0.05) is 0 Å². The van der Waals surface area contributed by atoms with Gasteiger partial charge in [0.15, 0.2) is 0 Å². The maximum Gasteiger partial charge on any atom is 0.330 e. The molecule has 1 nitrogen and oxygen atoms in total. The first-order valence-electron chi connectivity index (χ1n) is 3.10. The molecule has 0 fully saturated rings. The van der Waals surface area contributed by atoms with E-state index in [9.17, 15) is 17.6 Å². The number of hydrogen-bond donors (Lipinski definition) is 0. The van der Waals surface area contributed by atoms with Gasteiger partial charge in [-0.1, -0.05) is 6.92 Å². The van der Waals surface area contributed by atoms with E-state index in [-0.39, 0.29) is 0 Å². The number of rotatable bonds is 5. The van der Waals surface area contributed by atoms with Gasteiger partial charge >= 0.3 is 12.3 Å². The van der Waals surface area contributed by atoms with E-state index in [1.807, 2.05) is 0 Å². The Bertz CT molecular complexity index is 105. The van der Waals surface area contributed by atoms with Crippen molar-refractivity contribution in [2.75, 3.05) is 6.61 Å². The van der Waals surface area contributed by atoms with Crippen molar-refractivity contribution in [3.8, 4) is 0 Å². The van der Waals surface area contributed by atoms with Gasteiger partial charge in [0.1, 0.15) is 6.61 Å². The predicted molar refractivity (Wildman–Crippen MR) is 31.5 cm³/mol. The number of hydrogen-bond acceptors (Lipinski definition) is 1. The molecule has 0 aliphatic rings. The van der Waals surface area contributed by atoms with E-state index < -0.39 is 19.0 Å². The van der Waals surface area contributed by atoms with Crippen LogP contribution in [0.2, 0.25) is 0 Å². The minimum atomic E-state index is -4.04. The molecule has 0 aliphatic heterocycles. The van der Waals surface area contributed by atoms with Crippen molar-refractivity contribution in [2.45, 2.75) is 25.7 Å². The van der Waals surface area contributed by atoms with Gasteiger partial charge in [-0.2, -0.15) is 8.78 Å². The molecule has 0 heterocycles. The second-order valence-electron chi connectivity index (χ2n) is 1.95. The van der Waals surface area contributed by atoms with Crippen LogP contribution >= 0.6 is 0 Å². The Kier molecular flexibility index (Phi) is 4.40. The van der Waals surface area contributed by atoms with Crippen LogP contribution in [0.5, 0.6) is 0 Å². The summed E-state index contributed by atoms with van der Waals surface area (Å²) >= 11 is 0. The second kappa shape index (κ2) is 4.54. The van der Waals surface area contributed by atoms with Gasteiger partial charge in [-0.25, -0.2) is 8.78 Å². The van der Waals surface area contributed by atoms with Crippen molar-refractivity contribution in [2.24, 2.45) is 0 Å². The largest absolute Gasteiger partial charge is 0.369 e. The highest BCUT2D eigenvalue weighted by Gasteiger charge is 2.40. The molecule has 0 saturated carbocycles. The summed E-state index contributed by atoms with van der Waals surface area (Å²) < 4.78 is 50.9. The Hall–Kier alpha value is -0.320. The zero-order valence-electron chi connectivity index (χ0n) is 5.99. The Morgan fingerprint density at radius 1 is 1.45 bits per heavy atom. The fourth-order valence-corrected chi connectivity index (χ4v) is 0.351. The Morgan fingerprint density at radius 2 is 2.00 bits per heavy atom. The molecule has 0 aromatic heterocycles. The zero-order valence-corrected chi connectivity index (χ0v) is 5.99. The molecular formula is C6H9F4O. The lowest BCUT2D eigenvalue weighted by Gasteiger charge is -2.14. The SMILES string of the molecule is CC[CH]OCC(F)(F)C(F)F. The third kappa shape index (κ3) is 4.19. The molecule has 0 saturated heterocycles. The smallest absolute Gasteiger partial charge is 0.330 e. The van der Waals surface area contributed by atoms with Gasteiger partial charge < -0.3 is 4.74 Å². The lowest BCUT2D eigenvalue weighted by atomic mass is 10.4. The van der Waals surface area contributed by atoms with Crippen molar-refractivity contribution in [1.29, 1.82) is 0 Å². The van der Waals surface area contributed by atoms with Crippen LogP contribution in [0.1, 0.15) is 13.3 Å². The fraction of sp³-hybridized carbons (Fsp3) is 0.833. The lowest BCUT2D eigenvalue weighted by molar-refractivity contribution is -0.159. The average Bonchev–Trinajstić information content (AvgIpc) is 1.88. The summed E-state index contributed by atoms with van der Waals surface area (Å²) in [6.07, 6.45) is -3.24. The third-order valence-electron chi connectivity index (χ3n) is 0.880. The molecule has 11 heavy (non-hydrogen) atoms. The van der Waals surface area contributed by atoms with Gasteiger partial charge in [-0.05, 0) is 6.42 Å². The highest BCUT2D eigenvalue weighted by molar-refractivity contribution is 4.68. The molecule has 67 valence electrons. The summed E-state index contributed by atoms with van der Waals surface area (Å²) in [7, 11) is 0. The van der Waals surface area contributed by atoms with Crippen molar-refractivity contribution in [3.05, 3.63) is 6.61 Å². The van der Waals surface area contributed by atoms with Gasteiger partial charge in [0.25, 0.3) is 0 Å². The monoisotopic (exact) mass is 173 g/mol. The van der Waals surface area contributed by atoms with E-state index in [4.69, 9.17) is 0 Å². The van der Waals surface area contributed by atoms with Gasteiger partial charge in [-0.3, -0.25) is 0 Å². The van der Waals surface area contributed by atoms with E-state index in [0.29, 0.717) is 6.42 Å².